The first-order chi connectivity index (χ1) is 6.79. The molecule has 0 saturated carbocycles. The predicted molar refractivity (Wildman–Crippen MR) is 55.5 cm³/mol. The van der Waals surface area contributed by atoms with Crippen molar-refractivity contribution in [2.75, 3.05) is 0 Å². The molecule has 2 rings (SSSR count). The van der Waals surface area contributed by atoms with Crippen LogP contribution >= 0.6 is 11.6 Å². The molecule has 1 atom stereocenters. The summed E-state index contributed by atoms with van der Waals surface area (Å²) in [6.45, 7) is 2.04. The number of benzene rings is 1. The fourth-order valence-corrected chi connectivity index (χ4v) is 1.73. The molecular formula is C11H10ClNO. The Balaban J connectivity index is 2.37. The minimum Gasteiger partial charge on any atom is -0.361 e. The fraction of sp³-hybridized carbons (Fsp3) is 0.182. The Labute approximate surface area is 87.5 Å². The SMILES string of the molecule is CC(c1ccno1)c1ccccc1Cl. The molecule has 14 heavy (non-hydrogen) atoms. The highest BCUT2D eigenvalue weighted by Gasteiger charge is 2.14. The molecule has 1 aromatic carbocycles. The maximum Gasteiger partial charge on any atom is 0.143 e. The lowest BCUT2D eigenvalue weighted by atomic mass is 9.99. The minimum absolute atomic E-state index is 0.145. The molecule has 0 amide bonds. The van der Waals surface area contributed by atoms with Crippen LogP contribution in [0.1, 0.15) is 24.2 Å². The lowest BCUT2D eigenvalue weighted by molar-refractivity contribution is 0.376. The molecule has 1 heterocycles. The van der Waals surface area contributed by atoms with Gasteiger partial charge in [0.2, 0.25) is 0 Å². The normalized spacial score (nSPS) is 12.7. The molecule has 0 saturated heterocycles. The Hall–Kier alpha value is -1.28. The number of hydrogen-bond acceptors (Lipinski definition) is 2. The van der Waals surface area contributed by atoms with Crippen LogP contribution in [0.2, 0.25) is 5.02 Å². The van der Waals surface area contributed by atoms with Gasteiger partial charge in [0.05, 0.1) is 6.20 Å². The van der Waals surface area contributed by atoms with E-state index in [1.54, 1.807) is 6.20 Å². The van der Waals surface area contributed by atoms with E-state index >= 15 is 0 Å². The summed E-state index contributed by atoms with van der Waals surface area (Å²) >= 11 is 6.07. The van der Waals surface area contributed by atoms with E-state index < -0.39 is 0 Å². The van der Waals surface area contributed by atoms with Crippen molar-refractivity contribution in [3.05, 3.63) is 52.9 Å². The maximum atomic E-state index is 6.07. The molecule has 1 aromatic heterocycles. The quantitative estimate of drug-likeness (QED) is 0.754. The van der Waals surface area contributed by atoms with Crippen LogP contribution in [0.15, 0.2) is 41.1 Å². The number of rotatable bonds is 2. The van der Waals surface area contributed by atoms with Gasteiger partial charge < -0.3 is 4.52 Å². The van der Waals surface area contributed by atoms with E-state index in [1.165, 1.54) is 0 Å². The van der Waals surface area contributed by atoms with Gasteiger partial charge in [-0.15, -0.1) is 0 Å². The summed E-state index contributed by atoms with van der Waals surface area (Å²) in [5.74, 6) is 0.976. The molecule has 2 nitrogen and oxygen atoms in total. The topological polar surface area (TPSA) is 26.0 Å². The number of hydrogen-bond donors (Lipinski definition) is 0. The second-order valence-electron chi connectivity index (χ2n) is 3.16. The molecule has 72 valence electrons. The van der Waals surface area contributed by atoms with Crippen molar-refractivity contribution >= 4 is 11.6 Å². The van der Waals surface area contributed by atoms with Crippen LogP contribution in [0.3, 0.4) is 0 Å². The average molecular weight is 208 g/mol. The highest BCUT2D eigenvalue weighted by molar-refractivity contribution is 6.31. The van der Waals surface area contributed by atoms with Gasteiger partial charge >= 0.3 is 0 Å². The zero-order chi connectivity index (χ0) is 9.97. The van der Waals surface area contributed by atoms with E-state index in [0.717, 1.165) is 16.3 Å². The molecule has 3 heteroatoms. The molecule has 0 bridgehead atoms. The molecule has 0 fully saturated rings. The molecule has 0 aliphatic heterocycles. The molecule has 0 spiro atoms. The third-order valence-corrected chi connectivity index (χ3v) is 2.60. The van der Waals surface area contributed by atoms with Crippen LogP contribution in [0.25, 0.3) is 0 Å². The van der Waals surface area contributed by atoms with E-state index in [9.17, 15) is 0 Å². The van der Waals surface area contributed by atoms with Crippen molar-refractivity contribution in [2.24, 2.45) is 0 Å². The van der Waals surface area contributed by atoms with Gasteiger partial charge in [-0.3, -0.25) is 0 Å². The number of nitrogens with zero attached hydrogens (tertiary/aromatic N) is 1. The lowest BCUT2D eigenvalue weighted by Crippen LogP contribution is -1.94. The van der Waals surface area contributed by atoms with Crippen LogP contribution in [-0.2, 0) is 0 Å². The van der Waals surface area contributed by atoms with E-state index in [-0.39, 0.29) is 5.92 Å². The summed E-state index contributed by atoms with van der Waals surface area (Å²) in [7, 11) is 0. The Morgan fingerprint density at radius 2 is 2.07 bits per heavy atom. The van der Waals surface area contributed by atoms with Crippen molar-refractivity contribution in [2.45, 2.75) is 12.8 Å². The first kappa shape index (κ1) is 9.28. The molecule has 1 unspecified atom stereocenters. The molecule has 0 aliphatic rings. The van der Waals surface area contributed by atoms with Crippen molar-refractivity contribution in [3.63, 3.8) is 0 Å². The van der Waals surface area contributed by atoms with E-state index in [0.29, 0.717) is 0 Å². The van der Waals surface area contributed by atoms with Gasteiger partial charge in [0.15, 0.2) is 0 Å². The van der Waals surface area contributed by atoms with Gasteiger partial charge in [-0.1, -0.05) is 41.9 Å². The summed E-state index contributed by atoms with van der Waals surface area (Å²) < 4.78 is 5.10. The maximum absolute atomic E-state index is 6.07. The average Bonchev–Trinajstić information content (AvgIpc) is 2.70. The van der Waals surface area contributed by atoms with Crippen LogP contribution in [-0.4, -0.2) is 5.16 Å². The van der Waals surface area contributed by atoms with Gasteiger partial charge in [-0.05, 0) is 11.6 Å². The highest BCUT2D eigenvalue weighted by Crippen LogP contribution is 2.29. The van der Waals surface area contributed by atoms with E-state index in [2.05, 4.69) is 5.16 Å². The smallest absolute Gasteiger partial charge is 0.143 e. The molecule has 0 N–H and O–H groups in total. The van der Waals surface area contributed by atoms with Crippen LogP contribution in [0.5, 0.6) is 0 Å². The van der Waals surface area contributed by atoms with Crippen LogP contribution in [0, 0.1) is 0 Å². The Kier molecular flexibility index (Phi) is 2.55. The van der Waals surface area contributed by atoms with Gasteiger partial charge in [0, 0.05) is 17.0 Å². The van der Waals surface area contributed by atoms with E-state index in [1.807, 2.05) is 37.3 Å². The molecule has 0 radical (unpaired) electrons. The predicted octanol–water partition coefficient (Wildman–Crippen LogP) is 3.48. The largest absolute Gasteiger partial charge is 0.361 e. The minimum atomic E-state index is 0.145. The zero-order valence-corrected chi connectivity index (χ0v) is 8.53. The summed E-state index contributed by atoms with van der Waals surface area (Å²) in [6, 6.07) is 9.61. The molecule has 2 aromatic rings. The monoisotopic (exact) mass is 207 g/mol. The Morgan fingerprint density at radius 3 is 2.71 bits per heavy atom. The molecular weight excluding hydrogens is 198 g/mol. The molecule has 0 aliphatic carbocycles. The van der Waals surface area contributed by atoms with Gasteiger partial charge in [0.25, 0.3) is 0 Å². The van der Waals surface area contributed by atoms with Crippen molar-refractivity contribution in [1.29, 1.82) is 0 Å². The summed E-state index contributed by atoms with van der Waals surface area (Å²) in [4.78, 5) is 0. The van der Waals surface area contributed by atoms with Crippen molar-refractivity contribution in [1.82, 2.24) is 5.16 Å². The summed E-state index contributed by atoms with van der Waals surface area (Å²) in [6.07, 6.45) is 1.64. The summed E-state index contributed by atoms with van der Waals surface area (Å²) in [5.41, 5.74) is 1.06. The van der Waals surface area contributed by atoms with Crippen molar-refractivity contribution in [3.8, 4) is 0 Å². The van der Waals surface area contributed by atoms with Crippen molar-refractivity contribution < 1.29 is 4.52 Å². The van der Waals surface area contributed by atoms with Gasteiger partial charge in [-0.2, -0.15) is 0 Å². The van der Waals surface area contributed by atoms with E-state index in [4.69, 9.17) is 16.1 Å². The second-order valence-corrected chi connectivity index (χ2v) is 3.57. The second kappa shape index (κ2) is 3.84. The number of halogens is 1. The Morgan fingerprint density at radius 1 is 1.29 bits per heavy atom. The number of aromatic nitrogens is 1. The van der Waals surface area contributed by atoms with Gasteiger partial charge in [0.1, 0.15) is 5.76 Å². The highest BCUT2D eigenvalue weighted by atomic mass is 35.5. The van der Waals surface area contributed by atoms with Gasteiger partial charge in [-0.25, -0.2) is 0 Å². The third-order valence-electron chi connectivity index (χ3n) is 2.26. The third kappa shape index (κ3) is 1.66. The fourth-order valence-electron chi connectivity index (χ4n) is 1.43. The first-order valence-electron chi connectivity index (χ1n) is 4.44. The van der Waals surface area contributed by atoms with Crippen LogP contribution < -0.4 is 0 Å². The lowest BCUT2D eigenvalue weighted by Gasteiger charge is -2.09. The standard InChI is InChI=1S/C11H10ClNO/c1-8(11-6-7-13-14-11)9-4-2-3-5-10(9)12/h2-8H,1H3. The van der Waals surface area contributed by atoms with Crippen LogP contribution in [0.4, 0.5) is 0 Å². The Bertz CT molecular complexity index is 411. The summed E-state index contributed by atoms with van der Waals surface area (Å²) in [5, 5.41) is 4.44. The zero-order valence-electron chi connectivity index (χ0n) is 7.77. The first-order valence-corrected chi connectivity index (χ1v) is 4.82.